The summed E-state index contributed by atoms with van der Waals surface area (Å²) in [6, 6.07) is 17.3. The minimum atomic E-state index is -4.43. The normalized spacial score (nSPS) is 14.8. The third kappa shape index (κ3) is 5.99. The molecule has 1 fully saturated rings. The molecule has 5 nitrogen and oxygen atoms in total. The number of aromatic nitrogens is 1. The zero-order valence-corrected chi connectivity index (χ0v) is 19.8. The van der Waals surface area contributed by atoms with Gasteiger partial charge in [0.25, 0.3) is 0 Å². The van der Waals surface area contributed by atoms with Crippen LogP contribution in [0.15, 0.2) is 71.1 Å². The van der Waals surface area contributed by atoms with E-state index in [4.69, 9.17) is 13.9 Å². The second-order valence-electron chi connectivity index (χ2n) is 8.90. The number of nitrogens with zero attached hydrogens (tertiary/aromatic N) is 2. The molecule has 0 spiro atoms. The number of oxazole rings is 1. The number of likely N-dealkylation sites (tertiary alicyclic amines) is 1. The largest absolute Gasteiger partial charge is 0.494 e. The van der Waals surface area contributed by atoms with E-state index in [1.165, 1.54) is 44.5 Å². The van der Waals surface area contributed by atoms with Crippen molar-refractivity contribution in [2.24, 2.45) is 0 Å². The van der Waals surface area contributed by atoms with Gasteiger partial charge in [0, 0.05) is 18.2 Å². The molecule has 0 N–H and O–H groups in total. The van der Waals surface area contributed by atoms with Crippen LogP contribution in [0.1, 0.15) is 31.2 Å². The van der Waals surface area contributed by atoms with Crippen molar-refractivity contribution in [3.05, 3.63) is 72.3 Å². The topological polar surface area (TPSA) is 47.7 Å². The first-order chi connectivity index (χ1) is 17.4. The first-order valence-corrected chi connectivity index (χ1v) is 12.2. The Bertz CT molecular complexity index is 1300. The highest BCUT2D eigenvalue weighted by Crippen LogP contribution is 2.34. The molecule has 1 aromatic heterocycles. The average Bonchev–Trinajstić information content (AvgIpc) is 3.31. The van der Waals surface area contributed by atoms with E-state index < -0.39 is 11.7 Å². The Hall–Kier alpha value is -3.52. The zero-order chi connectivity index (χ0) is 25.0. The Morgan fingerprint density at radius 1 is 0.861 bits per heavy atom. The highest BCUT2D eigenvalue weighted by molar-refractivity contribution is 5.77. The van der Waals surface area contributed by atoms with Gasteiger partial charge in [-0.25, -0.2) is 4.98 Å². The summed E-state index contributed by atoms with van der Waals surface area (Å²) < 4.78 is 56.3. The summed E-state index contributed by atoms with van der Waals surface area (Å²) in [4.78, 5) is 7.02. The number of hydrogen-bond acceptors (Lipinski definition) is 5. The van der Waals surface area contributed by atoms with Gasteiger partial charge in [0.15, 0.2) is 5.58 Å². The van der Waals surface area contributed by atoms with Crippen molar-refractivity contribution in [3.63, 3.8) is 0 Å². The number of piperidine rings is 1. The van der Waals surface area contributed by atoms with E-state index in [2.05, 4.69) is 9.88 Å². The molecule has 2 heterocycles. The van der Waals surface area contributed by atoms with E-state index >= 15 is 0 Å². The first-order valence-electron chi connectivity index (χ1n) is 12.2. The van der Waals surface area contributed by atoms with Crippen LogP contribution in [0.5, 0.6) is 17.2 Å². The van der Waals surface area contributed by atoms with Crippen LogP contribution in [0.2, 0.25) is 0 Å². The van der Waals surface area contributed by atoms with Crippen LogP contribution in [-0.2, 0) is 6.18 Å². The monoisotopic (exact) mass is 496 g/mol. The van der Waals surface area contributed by atoms with E-state index in [1.54, 1.807) is 18.2 Å². The van der Waals surface area contributed by atoms with E-state index in [9.17, 15) is 13.2 Å². The molecule has 3 aromatic carbocycles. The lowest BCUT2D eigenvalue weighted by atomic mass is 10.1. The number of halogens is 3. The van der Waals surface area contributed by atoms with Crippen molar-refractivity contribution < 1.29 is 27.1 Å². The fraction of sp³-hybridized carbons (Fsp3) is 0.321. The highest BCUT2D eigenvalue weighted by Gasteiger charge is 2.30. The van der Waals surface area contributed by atoms with Crippen LogP contribution in [0, 0.1) is 0 Å². The fourth-order valence-corrected chi connectivity index (χ4v) is 4.32. The maximum Gasteiger partial charge on any atom is 0.416 e. The van der Waals surface area contributed by atoms with Gasteiger partial charge in [0.05, 0.1) is 12.2 Å². The minimum absolute atomic E-state index is 0.0930. The van der Waals surface area contributed by atoms with Crippen molar-refractivity contribution in [2.45, 2.75) is 31.9 Å². The Morgan fingerprint density at radius 3 is 2.39 bits per heavy atom. The summed E-state index contributed by atoms with van der Waals surface area (Å²) in [5.74, 6) is 1.69. The second kappa shape index (κ2) is 10.6. The van der Waals surface area contributed by atoms with Gasteiger partial charge in [-0.1, -0.05) is 12.5 Å². The predicted molar refractivity (Wildman–Crippen MR) is 131 cm³/mol. The molecule has 8 heteroatoms. The van der Waals surface area contributed by atoms with Crippen molar-refractivity contribution in [1.82, 2.24) is 9.88 Å². The fourth-order valence-electron chi connectivity index (χ4n) is 4.32. The molecule has 1 saturated heterocycles. The predicted octanol–water partition coefficient (Wildman–Crippen LogP) is 7.56. The van der Waals surface area contributed by atoms with E-state index in [-0.39, 0.29) is 5.75 Å². The molecular formula is C28H27F3N2O3. The van der Waals surface area contributed by atoms with Gasteiger partial charge in [-0.05, 0) is 86.9 Å². The number of fused-ring (bicyclic) bond motifs is 1. The van der Waals surface area contributed by atoms with E-state index in [1.807, 2.05) is 24.3 Å². The lowest BCUT2D eigenvalue weighted by molar-refractivity contribution is -0.137. The van der Waals surface area contributed by atoms with Crippen LogP contribution >= 0.6 is 0 Å². The van der Waals surface area contributed by atoms with Crippen LogP contribution < -0.4 is 9.47 Å². The van der Waals surface area contributed by atoms with Crippen molar-refractivity contribution in [3.8, 4) is 28.7 Å². The Balaban J connectivity index is 1.20. The Kier molecular flexibility index (Phi) is 7.13. The third-order valence-electron chi connectivity index (χ3n) is 6.19. The van der Waals surface area contributed by atoms with Gasteiger partial charge in [0.2, 0.25) is 5.89 Å². The number of benzene rings is 3. The van der Waals surface area contributed by atoms with Gasteiger partial charge in [-0.3, -0.25) is 0 Å². The molecule has 5 rings (SSSR count). The molecule has 0 amide bonds. The van der Waals surface area contributed by atoms with Crippen LogP contribution in [0.4, 0.5) is 13.2 Å². The second-order valence-corrected chi connectivity index (χ2v) is 8.90. The summed E-state index contributed by atoms with van der Waals surface area (Å²) >= 11 is 0. The molecule has 0 unspecified atom stereocenters. The number of alkyl halides is 3. The van der Waals surface area contributed by atoms with Crippen LogP contribution in [0.3, 0.4) is 0 Å². The summed E-state index contributed by atoms with van der Waals surface area (Å²) in [5.41, 5.74) is 1.14. The summed E-state index contributed by atoms with van der Waals surface area (Å²) in [6.45, 7) is 4.13. The SMILES string of the molecule is FC(F)(F)c1cccc(Oc2ccc3nc(-c4ccc(OCCCN5CCCCC5)cc4)oc3c2)c1. The lowest BCUT2D eigenvalue weighted by Crippen LogP contribution is -2.31. The van der Waals surface area contributed by atoms with Gasteiger partial charge >= 0.3 is 6.18 Å². The van der Waals surface area contributed by atoms with Gasteiger partial charge < -0.3 is 18.8 Å². The maximum absolute atomic E-state index is 13.0. The van der Waals surface area contributed by atoms with Crippen molar-refractivity contribution >= 4 is 11.1 Å². The standard InChI is InChI=1S/C28H27F3N2O3/c29-28(30,31)21-6-4-7-23(18-21)35-24-12-13-25-26(19-24)36-27(32-25)20-8-10-22(11-9-20)34-17-5-16-33-14-2-1-3-15-33/h4,6-13,18-19H,1-3,5,14-17H2. The smallest absolute Gasteiger partial charge is 0.416 e. The average molecular weight is 497 g/mol. The number of rotatable bonds is 8. The Morgan fingerprint density at radius 2 is 1.61 bits per heavy atom. The molecular weight excluding hydrogens is 469 g/mol. The summed E-state index contributed by atoms with van der Waals surface area (Å²) in [7, 11) is 0. The van der Waals surface area contributed by atoms with Crippen molar-refractivity contribution in [1.29, 1.82) is 0 Å². The van der Waals surface area contributed by atoms with E-state index in [0.29, 0.717) is 29.3 Å². The summed E-state index contributed by atoms with van der Waals surface area (Å²) in [5, 5.41) is 0. The molecule has 0 aliphatic carbocycles. The number of hydrogen-bond donors (Lipinski definition) is 0. The van der Waals surface area contributed by atoms with Gasteiger partial charge in [0.1, 0.15) is 22.8 Å². The quantitative estimate of drug-likeness (QED) is 0.236. The van der Waals surface area contributed by atoms with Crippen molar-refractivity contribution in [2.75, 3.05) is 26.2 Å². The molecule has 0 atom stereocenters. The van der Waals surface area contributed by atoms with Crippen LogP contribution in [-0.4, -0.2) is 36.1 Å². The first kappa shape index (κ1) is 24.2. The molecule has 0 radical (unpaired) electrons. The molecule has 0 saturated carbocycles. The molecule has 36 heavy (non-hydrogen) atoms. The minimum Gasteiger partial charge on any atom is -0.494 e. The van der Waals surface area contributed by atoms with E-state index in [0.717, 1.165) is 36.4 Å². The highest BCUT2D eigenvalue weighted by atomic mass is 19.4. The third-order valence-corrected chi connectivity index (χ3v) is 6.19. The Labute approximate surface area is 207 Å². The number of ether oxygens (including phenoxy) is 2. The lowest BCUT2D eigenvalue weighted by Gasteiger charge is -2.26. The van der Waals surface area contributed by atoms with Gasteiger partial charge in [-0.15, -0.1) is 0 Å². The molecule has 1 aliphatic heterocycles. The zero-order valence-electron chi connectivity index (χ0n) is 19.8. The molecule has 188 valence electrons. The molecule has 4 aromatic rings. The molecule has 1 aliphatic rings. The molecule has 0 bridgehead atoms. The van der Waals surface area contributed by atoms with Gasteiger partial charge in [-0.2, -0.15) is 13.2 Å². The summed E-state index contributed by atoms with van der Waals surface area (Å²) in [6.07, 6.45) is 0.493. The maximum atomic E-state index is 13.0. The van der Waals surface area contributed by atoms with Crippen LogP contribution in [0.25, 0.3) is 22.6 Å².